The Morgan fingerprint density at radius 1 is 1.77 bits per heavy atom. The SMILES string of the molecule is NC(=S)CNC(=O)c1ccoc1Br. The molecule has 0 saturated heterocycles. The molecule has 0 unspecified atom stereocenters. The van der Waals surface area contributed by atoms with Gasteiger partial charge in [-0.05, 0) is 22.0 Å². The van der Waals surface area contributed by atoms with E-state index in [4.69, 9.17) is 10.2 Å². The van der Waals surface area contributed by atoms with Crippen molar-refractivity contribution in [2.75, 3.05) is 6.54 Å². The standard InChI is InChI=1S/C7H7BrN2O2S/c8-6-4(1-2-12-6)7(11)10-3-5(9)13/h1-2H,3H2,(H2,9,13)(H,10,11). The van der Waals surface area contributed by atoms with E-state index >= 15 is 0 Å². The minimum atomic E-state index is -0.270. The van der Waals surface area contributed by atoms with Gasteiger partial charge >= 0.3 is 0 Å². The van der Waals surface area contributed by atoms with Crippen LogP contribution in [0.15, 0.2) is 21.4 Å². The van der Waals surface area contributed by atoms with E-state index < -0.39 is 0 Å². The van der Waals surface area contributed by atoms with Gasteiger partial charge in [-0.2, -0.15) is 0 Å². The lowest BCUT2D eigenvalue weighted by Crippen LogP contribution is -2.32. The fourth-order valence-corrected chi connectivity index (χ4v) is 1.21. The molecule has 1 aromatic rings. The van der Waals surface area contributed by atoms with E-state index in [-0.39, 0.29) is 17.4 Å². The van der Waals surface area contributed by atoms with Crippen molar-refractivity contribution in [3.63, 3.8) is 0 Å². The van der Waals surface area contributed by atoms with E-state index in [1.807, 2.05) is 0 Å². The van der Waals surface area contributed by atoms with Crippen LogP contribution in [0.25, 0.3) is 0 Å². The molecule has 0 aliphatic heterocycles. The highest BCUT2D eigenvalue weighted by atomic mass is 79.9. The third kappa shape index (κ3) is 2.82. The monoisotopic (exact) mass is 262 g/mol. The highest BCUT2D eigenvalue weighted by molar-refractivity contribution is 9.10. The van der Waals surface area contributed by atoms with Crippen LogP contribution in [0.1, 0.15) is 10.4 Å². The van der Waals surface area contributed by atoms with Crippen molar-refractivity contribution in [3.8, 4) is 0 Å². The summed E-state index contributed by atoms with van der Waals surface area (Å²) in [5, 5.41) is 2.53. The number of hydrogen-bond acceptors (Lipinski definition) is 3. The minimum Gasteiger partial charge on any atom is -0.457 e. The molecule has 4 nitrogen and oxygen atoms in total. The fourth-order valence-electron chi connectivity index (χ4n) is 0.718. The van der Waals surface area contributed by atoms with Crippen LogP contribution in [0, 0.1) is 0 Å². The summed E-state index contributed by atoms with van der Waals surface area (Å²) in [5.41, 5.74) is 5.64. The summed E-state index contributed by atoms with van der Waals surface area (Å²) in [7, 11) is 0. The van der Waals surface area contributed by atoms with Crippen LogP contribution in [0.4, 0.5) is 0 Å². The zero-order chi connectivity index (χ0) is 9.84. The molecule has 0 fully saturated rings. The Morgan fingerprint density at radius 3 is 2.92 bits per heavy atom. The summed E-state index contributed by atoms with van der Waals surface area (Å²) < 4.78 is 5.28. The molecule has 0 atom stereocenters. The Labute approximate surface area is 88.6 Å². The maximum absolute atomic E-state index is 11.3. The summed E-state index contributed by atoms with van der Waals surface area (Å²) in [6, 6.07) is 1.55. The molecule has 3 N–H and O–H groups in total. The number of carbonyl (C=O) groups is 1. The van der Waals surface area contributed by atoms with Crippen LogP contribution >= 0.6 is 28.1 Å². The van der Waals surface area contributed by atoms with Crippen molar-refractivity contribution >= 4 is 39.0 Å². The van der Waals surface area contributed by atoms with Crippen molar-refractivity contribution in [1.29, 1.82) is 0 Å². The molecule has 70 valence electrons. The third-order valence-corrected chi connectivity index (χ3v) is 2.04. The van der Waals surface area contributed by atoms with Gasteiger partial charge in [0.1, 0.15) is 0 Å². The number of nitrogens with one attached hydrogen (secondary N) is 1. The molecule has 0 spiro atoms. The van der Waals surface area contributed by atoms with Crippen molar-refractivity contribution in [2.24, 2.45) is 5.73 Å². The predicted molar refractivity (Wildman–Crippen MR) is 55.5 cm³/mol. The molecule has 0 aromatic carbocycles. The highest BCUT2D eigenvalue weighted by Gasteiger charge is 2.11. The number of halogens is 1. The van der Waals surface area contributed by atoms with Crippen LogP contribution in [0.2, 0.25) is 0 Å². The normalized spacial score (nSPS) is 9.62. The zero-order valence-corrected chi connectivity index (χ0v) is 8.94. The van der Waals surface area contributed by atoms with E-state index in [2.05, 4.69) is 33.5 Å². The lowest BCUT2D eigenvalue weighted by atomic mass is 10.3. The minimum absolute atomic E-state index is 0.186. The van der Waals surface area contributed by atoms with Gasteiger partial charge in [0.2, 0.25) is 0 Å². The second kappa shape index (κ2) is 4.38. The Balaban J connectivity index is 2.59. The Bertz CT molecular complexity index is 337. The largest absolute Gasteiger partial charge is 0.457 e. The van der Waals surface area contributed by atoms with E-state index in [9.17, 15) is 4.79 Å². The summed E-state index contributed by atoms with van der Waals surface area (Å²) in [4.78, 5) is 11.6. The second-order valence-electron chi connectivity index (χ2n) is 2.26. The summed E-state index contributed by atoms with van der Waals surface area (Å²) in [5.74, 6) is -0.270. The van der Waals surface area contributed by atoms with Gasteiger partial charge in [-0.3, -0.25) is 4.79 Å². The molecule has 1 heterocycles. The summed E-state index contributed by atoms with van der Waals surface area (Å²) >= 11 is 7.69. The number of amides is 1. The van der Waals surface area contributed by atoms with E-state index in [0.29, 0.717) is 10.2 Å². The molecular formula is C7H7BrN2O2S. The topological polar surface area (TPSA) is 68.3 Å². The molecule has 0 aliphatic carbocycles. The Hall–Kier alpha value is -0.880. The van der Waals surface area contributed by atoms with Gasteiger partial charge in [0, 0.05) is 0 Å². The Kier molecular flexibility index (Phi) is 3.44. The number of carbonyl (C=O) groups excluding carboxylic acids is 1. The first-order valence-electron chi connectivity index (χ1n) is 3.40. The van der Waals surface area contributed by atoms with Crippen LogP contribution in [-0.2, 0) is 0 Å². The molecule has 6 heteroatoms. The summed E-state index contributed by atoms with van der Waals surface area (Å²) in [6.07, 6.45) is 1.42. The van der Waals surface area contributed by atoms with Gasteiger partial charge in [-0.15, -0.1) is 0 Å². The molecule has 0 bridgehead atoms. The van der Waals surface area contributed by atoms with E-state index in [1.165, 1.54) is 6.26 Å². The predicted octanol–water partition coefficient (Wildman–Crippen LogP) is 1.06. The van der Waals surface area contributed by atoms with Crippen LogP contribution in [-0.4, -0.2) is 17.4 Å². The maximum atomic E-state index is 11.3. The van der Waals surface area contributed by atoms with Crippen LogP contribution in [0.5, 0.6) is 0 Å². The van der Waals surface area contributed by atoms with Crippen molar-refractivity contribution in [1.82, 2.24) is 5.32 Å². The van der Waals surface area contributed by atoms with Gasteiger partial charge < -0.3 is 15.5 Å². The van der Waals surface area contributed by atoms with Crippen molar-refractivity contribution < 1.29 is 9.21 Å². The molecule has 0 radical (unpaired) electrons. The van der Waals surface area contributed by atoms with E-state index in [0.717, 1.165) is 0 Å². The summed E-state index contributed by atoms with van der Waals surface area (Å²) in [6.45, 7) is 0.186. The number of furan rings is 1. The van der Waals surface area contributed by atoms with Gasteiger partial charge in [-0.25, -0.2) is 0 Å². The van der Waals surface area contributed by atoms with Crippen LogP contribution in [0.3, 0.4) is 0 Å². The first-order chi connectivity index (χ1) is 6.11. The zero-order valence-electron chi connectivity index (χ0n) is 6.54. The third-order valence-electron chi connectivity index (χ3n) is 1.29. The van der Waals surface area contributed by atoms with Crippen molar-refractivity contribution in [2.45, 2.75) is 0 Å². The quantitative estimate of drug-likeness (QED) is 0.800. The molecule has 1 rings (SSSR count). The maximum Gasteiger partial charge on any atom is 0.256 e. The number of thiocarbonyl (C=S) groups is 1. The second-order valence-corrected chi connectivity index (χ2v) is 3.50. The lowest BCUT2D eigenvalue weighted by Gasteiger charge is -2.00. The van der Waals surface area contributed by atoms with Gasteiger partial charge in [0.25, 0.3) is 5.91 Å². The number of nitrogens with two attached hydrogens (primary N) is 1. The Morgan fingerprint density at radius 2 is 2.46 bits per heavy atom. The molecule has 1 amide bonds. The van der Waals surface area contributed by atoms with Gasteiger partial charge in [-0.1, -0.05) is 12.2 Å². The molecule has 0 aliphatic rings. The van der Waals surface area contributed by atoms with Crippen molar-refractivity contribution in [3.05, 3.63) is 22.6 Å². The first kappa shape index (κ1) is 10.2. The number of hydrogen-bond donors (Lipinski definition) is 2. The first-order valence-corrected chi connectivity index (χ1v) is 4.61. The highest BCUT2D eigenvalue weighted by Crippen LogP contribution is 2.16. The molecule has 0 saturated carbocycles. The fraction of sp³-hybridized carbons (Fsp3) is 0.143. The smallest absolute Gasteiger partial charge is 0.256 e. The van der Waals surface area contributed by atoms with E-state index in [1.54, 1.807) is 6.07 Å². The van der Waals surface area contributed by atoms with Gasteiger partial charge in [0.05, 0.1) is 23.4 Å². The number of rotatable bonds is 3. The molecule has 13 heavy (non-hydrogen) atoms. The van der Waals surface area contributed by atoms with Crippen LogP contribution < -0.4 is 11.1 Å². The molecule has 1 aromatic heterocycles. The molecular weight excluding hydrogens is 256 g/mol. The average molecular weight is 263 g/mol. The average Bonchev–Trinajstić information content (AvgIpc) is 2.47. The van der Waals surface area contributed by atoms with Gasteiger partial charge in [0.15, 0.2) is 4.67 Å². The lowest BCUT2D eigenvalue weighted by molar-refractivity contribution is 0.0957.